The fourth-order valence-corrected chi connectivity index (χ4v) is 6.28. The largest absolute Gasteiger partial charge is 0.508 e. The van der Waals surface area contributed by atoms with Crippen LogP contribution in [0, 0.1) is 37.9 Å². The maximum absolute atomic E-state index is 4.73. The van der Waals surface area contributed by atoms with E-state index in [1.54, 1.807) is 9.36 Å². The summed E-state index contributed by atoms with van der Waals surface area (Å²) >= 11 is 0. The Hall–Kier alpha value is -6.29. The summed E-state index contributed by atoms with van der Waals surface area (Å²) in [7, 11) is 0. The molecule has 2 aliphatic heterocycles. The van der Waals surface area contributed by atoms with Crippen LogP contribution in [-0.4, -0.2) is 47.8 Å². The van der Waals surface area contributed by atoms with Crippen LogP contribution >= 0.6 is 0 Å². The maximum Gasteiger partial charge on any atom is 0.133 e. The Morgan fingerprint density at radius 2 is 1.14 bits per heavy atom. The molecule has 0 fully saturated rings. The molecule has 0 bridgehead atoms. The van der Waals surface area contributed by atoms with Crippen LogP contribution in [0.4, 0.5) is 11.4 Å². The molecule has 2 aliphatic rings. The Balaban J connectivity index is 0.000000173. The zero-order chi connectivity index (χ0) is 37.8. The number of anilines is 2. The molecule has 289 valence electrons. The molecular weight excluding hydrogens is 885 g/mol. The van der Waals surface area contributed by atoms with Gasteiger partial charge < -0.3 is 24.3 Å². The number of para-hydroxylation sites is 3. The van der Waals surface area contributed by atoms with Crippen molar-refractivity contribution in [2.45, 2.75) is 25.9 Å². The van der Waals surface area contributed by atoms with Crippen LogP contribution in [0.5, 0.6) is 0 Å². The van der Waals surface area contributed by atoms with Crippen molar-refractivity contribution in [2.24, 2.45) is 0 Å². The Morgan fingerprint density at radius 3 is 1.70 bits per heavy atom. The predicted octanol–water partition coefficient (Wildman–Crippen LogP) is 7.31. The maximum atomic E-state index is 4.73. The van der Waals surface area contributed by atoms with Gasteiger partial charge in [0.1, 0.15) is 12.2 Å². The van der Waals surface area contributed by atoms with Gasteiger partial charge in [-0.15, -0.1) is 16.6 Å². The summed E-state index contributed by atoms with van der Waals surface area (Å²) < 4.78 is 5.33. The molecule has 0 saturated carbocycles. The summed E-state index contributed by atoms with van der Waals surface area (Å²) in [4.78, 5) is 8.67. The summed E-state index contributed by atoms with van der Waals surface area (Å²) in [6, 6.07) is 52.8. The first kappa shape index (κ1) is 39.0. The smallest absolute Gasteiger partial charge is 0.133 e. The molecule has 0 N–H and O–H groups in total. The first-order chi connectivity index (χ1) is 27.7. The second-order valence-corrected chi connectivity index (χ2v) is 13.3. The molecule has 1 radical (unpaired) electrons. The van der Waals surface area contributed by atoms with E-state index >= 15 is 0 Å². The number of hydrogen-bond acceptors (Lipinski definition) is 7. The Labute approximate surface area is 348 Å². The molecule has 2 aromatic heterocycles. The van der Waals surface area contributed by atoms with E-state index in [9.17, 15) is 0 Å². The standard InChI is InChI=1S/C24H19N6.C22H22N4.Ir/c1-4-10-20(11-5-1)16-28-18-23(25-26-28)24-19-29(17-21-12-6-2-7-13-21)27-30(24)22-14-8-3-9-15-22;1-3-9-21(10-4-1)25-17-15-23(19-25)13-7-8-14-24-16-18-26(20-24)22-11-5-2-6-12-22;/h1-15H,16-17H2;1-6,9,11,15-20H,7-8,13-14H2;/q-1;-4;. The number of benzene rings is 5. The number of hydrogen-bond donors (Lipinski definition) is 0. The minimum Gasteiger partial charge on any atom is -0.508 e. The summed E-state index contributed by atoms with van der Waals surface area (Å²) in [5.74, 6) is 0. The van der Waals surface area contributed by atoms with Crippen LogP contribution in [0.1, 0.15) is 24.0 Å². The summed E-state index contributed by atoms with van der Waals surface area (Å²) in [6.07, 6.45) is 17.3. The molecule has 5 aromatic carbocycles. The number of unbranched alkanes of at least 4 members (excludes halogenated alkanes) is 1. The van der Waals surface area contributed by atoms with Gasteiger partial charge in [-0.2, -0.15) is 79.7 Å². The molecule has 0 atom stereocenters. The van der Waals surface area contributed by atoms with Crippen molar-refractivity contribution in [2.75, 3.05) is 22.9 Å². The molecule has 0 aliphatic carbocycles. The van der Waals surface area contributed by atoms with E-state index in [1.807, 2.05) is 108 Å². The van der Waals surface area contributed by atoms with Crippen LogP contribution in [0.2, 0.25) is 0 Å². The Kier molecular flexibility index (Phi) is 13.4. The van der Waals surface area contributed by atoms with Crippen LogP contribution in [-0.2, 0) is 33.2 Å². The van der Waals surface area contributed by atoms with Crippen LogP contribution < -0.4 is 14.5 Å². The molecule has 11 heteroatoms. The second kappa shape index (κ2) is 19.5. The topological polar surface area (TPSA) is 65.4 Å². The van der Waals surface area contributed by atoms with Gasteiger partial charge in [0.25, 0.3) is 0 Å². The fraction of sp³-hybridized carbons (Fsp3) is 0.130. The van der Waals surface area contributed by atoms with Crippen molar-refractivity contribution in [3.05, 3.63) is 213 Å². The van der Waals surface area contributed by atoms with Gasteiger partial charge in [0.2, 0.25) is 0 Å². The number of aromatic nitrogens is 6. The van der Waals surface area contributed by atoms with Crippen molar-refractivity contribution in [3.8, 4) is 17.1 Å². The van der Waals surface area contributed by atoms with Gasteiger partial charge in [0.05, 0.1) is 5.21 Å². The molecule has 57 heavy (non-hydrogen) atoms. The van der Waals surface area contributed by atoms with E-state index in [-0.39, 0.29) is 20.1 Å². The molecular formula is C46H41IrN10-5. The fourth-order valence-electron chi connectivity index (χ4n) is 6.28. The van der Waals surface area contributed by atoms with Crippen LogP contribution in [0.15, 0.2) is 164 Å². The Morgan fingerprint density at radius 1 is 0.596 bits per heavy atom. The van der Waals surface area contributed by atoms with Gasteiger partial charge in [0.15, 0.2) is 0 Å². The van der Waals surface area contributed by atoms with Crippen molar-refractivity contribution in [1.82, 2.24) is 34.7 Å². The molecule has 10 nitrogen and oxygen atoms in total. The zero-order valence-electron chi connectivity index (χ0n) is 31.3. The number of nitrogens with zero attached hydrogens (tertiary/aromatic N) is 10. The zero-order valence-corrected chi connectivity index (χ0v) is 33.7. The SMILES string of the molecule is [Ir].[c-]1c(-c2[c-][n+](Cc3ccccc3)nn2-c2ccccc2)nnn1Cc1ccccc1.[c-]1ccccc1N1C=CN(CCCCN2C=CN(c3[c-]cccc3)[CH-]2)[CH-]1. The predicted molar refractivity (Wildman–Crippen MR) is 217 cm³/mol. The summed E-state index contributed by atoms with van der Waals surface area (Å²) in [6.45, 7) is 7.52. The molecule has 0 unspecified atom stereocenters. The average Bonchev–Trinajstić information content (AvgIpc) is 4.10. The van der Waals surface area contributed by atoms with Gasteiger partial charge >= 0.3 is 0 Å². The van der Waals surface area contributed by atoms with Crippen LogP contribution in [0.25, 0.3) is 17.1 Å². The van der Waals surface area contributed by atoms with Gasteiger partial charge in [-0.1, -0.05) is 90.8 Å². The van der Waals surface area contributed by atoms with E-state index in [2.05, 4.69) is 129 Å². The first-order valence-corrected chi connectivity index (χ1v) is 18.7. The normalized spacial score (nSPS) is 13.1. The van der Waals surface area contributed by atoms with Gasteiger partial charge in [-0.05, 0) is 74.0 Å². The van der Waals surface area contributed by atoms with Crippen molar-refractivity contribution >= 4 is 11.4 Å². The van der Waals surface area contributed by atoms with E-state index in [1.165, 1.54) is 0 Å². The molecule has 4 heterocycles. The monoisotopic (exact) mass is 926 g/mol. The van der Waals surface area contributed by atoms with Gasteiger partial charge in [-0.3, -0.25) is 5.10 Å². The van der Waals surface area contributed by atoms with Crippen LogP contribution in [0.3, 0.4) is 0 Å². The molecule has 0 saturated heterocycles. The third kappa shape index (κ3) is 10.5. The van der Waals surface area contributed by atoms with E-state index in [0.29, 0.717) is 18.8 Å². The third-order valence-electron chi connectivity index (χ3n) is 9.11. The van der Waals surface area contributed by atoms with Gasteiger partial charge in [-0.25, -0.2) is 15.6 Å². The Bertz CT molecular complexity index is 2230. The molecule has 7 aromatic rings. The molecule has 0 spiro atoms. The van der Waals surface area contributed by atoms with Crippen molar-refractivity contribution in [1.29, 1.82) is 0 Å². The third-order valence-corrected chi connectivity index (χ3v) is 9.11. The van der Waals surface area contributed by atoms with E-state index < -0.39 is 0 Å². The van der Waals surface area contributed by atoms with Crippen molar-refractivity contribution < 1.29 is 24.8 Å². The second-order valence-electron chi connectivity index (χ2n) is 13.3. The number of rotatable bonds is 13. The van der Waals surface area contributed by atoms with E-state index in [4.69, 9.17) is 5.21 Å². The summed E-state index contributed by atoms with van der Waals surface area (Å²) in [5.41, 5.74) is 6.69. The quantitative estimate of drug-likeness (QED) is 0.0684. The van der Waals surface area contributed by atoms with Crippen molar-refractivity contribution in [3.63, 3.8) is 0 Å². The van der Waals surface area contributed by atoms with Gasteiger partial charge in [0, 0.05) is 26.7 Å². The minimum atomic E-state index is 0. The summed E-state index contributed by atoms with van der Waals surface area (Å²) in [5, 5.41) is 13.3. The van der Waals surface area contributed by atoms with E-state index in [0.717, 1.165) is 59.8 Å². The minimum absolute atomic E-state index is 0. The molecule has 0 amide bonds. The first-order valence-electron chi connectivity index (χ1n) is 18.7. The average molecular weight is 926 g/mol. The molecule has 9 rings (SSSR count).